The quantitative estimate of drug-likeness (QED) is 0.167. The summed E-state index contributed by atoms with van der Waals surface area (Å²) in [7, 11) is 0. The van der Waals surface area contributed by atoms with Crippen LogP contribution >= 0.6 is 35.7 Å². The number of halogens is 1. The summed E-state index contributed by atoms with van der Waals surface area (Å²) in [5.74, 6) is 3.76. The van der Waals surface area contributed by atoms with Crippen LogP contribution in [0.5, 0.6) is 5.75 Å². The summed E-state index contributed by atoms with van der Waals surface area (Å²) >= 11 is 1.85. The summed E-state index contributed by atoms with van der Waals surface area (Å²) < 4.78 is 11.6. The molecule has 0 aliphatic carbocycles. The second-order valence-electron chi connectivity index (χ2n) is 6.20. The Labute approximate surface area is 184 Å². The normalized spacial score (nSPS) is 16.5. The molecule has 0 saturated carbocycles. The third-order valence-corrected chi connectivity index (χ3v) is 4.89. The number of aliphatic imine (C=N–C) groups is 1. The first-order chi connectivity index (χ1) is 12.7. The fourth-order valence-corrected chi connectivity index (χ4v) is 3.18. The van der Waals surface area contributed by atoms with Gasteiger partial charge in [0.05, 0.1) is 19.8 Å². The van der Waals surface area contributed by atoms with Gasteiger partial charge in [0.15, 0.2) is 5.96 Å². The van der Waals surface area contributed by atoms with Gasteiger partial charge in [-0.3, -0.25) is 0 Å². The Kier molecular flexibility index (Phi) is 12.6. The van der Waals surface area contributed by atoms with Gasteiger partial charge < -0.3 is 20.1 Å². The molecule has 1 aromatic rings. The molecule has 1 atom stereocenters. The van der Waals surface area contributed by atoms with Gasteiger partial charge in [-0.15, -0.1) is 30.6 Å². The van der Waals surface area contributed by atoms with Crippen LogP contribution in [0.3, 0.4) is 0 Å². The monoisotopic (exact) mass is 505 g/mol. The van der Waals surface area contributed by atoms with Gasteiger partial charge in [0.1, 0.15) is 11.9 Å². The van der Waals surface area contributed by atoms with Crippen molar-refractivity contribution in [3.05, 3.63) is 42.0 Å². The summed E-state index contributed by atoms with van der Waals surface area (Å²) in [6.45, 7) is 11.6. The molecule has 5 nitrogen and oxygen atoms in total. The maximum absolute atomic E-state index is 6.16. The smallest absolute Gasteiger partial charge is 0.191 e. The van der Waals surface area contributed by atoms with Gasteiger partial charge in [-0.2, -0.15) is 11.8 Å². The molecular weight excluding hydrogens is 473 g/mol. The van der Waals surface area contributed by atoms with Gasteiger partial charge in [0, 0.05) is 36.6 Å². The number of benzene rings is 1. The molecule has 1 aliphatic heterocycles. The first-order valence-electron chi connectivity index (χ1n) is 9.27. The number of rotatable bonds is 10. The lowest BCUT2D eigenvalue weighted by Gasteiger charge is -2.16. The molecule has 0 radical (unpaired) electrons. The number of hydrogen-bond acceptors (Lipinski definition) is 4. The van der Waals surface area contributed by atoms with E-state index in [0.29, 0.717) is 13.2 Å². The Morgan fingerprint density at radius 1 is 1.44 bits per heavy atom. The van der Waals surface area contributed by atoms with E-state index in [-0.39, 0.29) is 30.1 Å². The van der Waals surface area contributed by atoms with Crippen LogP contribution in [-0.4, -0.2) is 49.9 Å². The summed E-state index contributed by atoms with van der Waals surface area (Å²) in [4.78, 5) is 4.72. The Morgan fingerprint density at radius 3 is 3.00 bits per heavy atom. The molecule has 1 unspecified atom stereocenters. The van der Waals surface area contributed by atoms with Crippen LogP contribution in [0, 0.1) is 6.92 Å². The van der Waals surface area contributed by atoms with Crippen LogP contribution in [0.25, 0.3) is 0 Å². The minimum absolute atomic E-state index is 0. The molecule has 2 N–H and O–H groups in total. The van der Waals surface area contributed by atoms with Crippen molar-refractivity contribution >= 4 is 41.7 Å². The van der Waals surface area contributed by atoms with Crippen LogP contribution < -0.4 is 15.4 Å². The molecule has 2 rings (SSSR count). The van der Waals surface area contributed by atoms with Crippen molar-refractivity contribution < 1.29 is 9.47 Å². The van der Waals surface area contributed by atoms with E-state index in [2.05, 4.69) is 49.3 Å². The number of guanidine groups is 1. The lowest BCUT2D eigenvalue weighted by atomic mass is 10.1. The summed E-state index contributed by atoms with van der Waals surface area (Å²) in [5, 5.41) is 6.67. The zero-order chi connectivity index (χ0) is 18.6. The Morgan fingerprint density at radius 2 is 2.30 bits per heavy atom. The Balaban J connectivity index is 0.00000364. The van der Waals surface area contributed by atoms with Crippen molar-refractivity contribution in [1.82, 2.24) is 10.6 Å². The largest absolute Gasteiger partial charge is 0.488 e. The maximum atomic E-state index is 6.16. The SMILES string of the molecule is C=CCSCCNC(=NCc1ccc(C)cc1OC1CCOC1)NCC.I. The third-order valence-electron chi connectivity index (χ3n) is 3.93. The first kappa shape index (κ1) is 24.1. The molecule has 1 fully saturated rings. The summed E-state index contributed by atoms with van der Waals surface area (Å²) in [6.07, 6.45) is 3.02. The van der Waals surface area contributed by atoms with Crippen molar-refractivity contribution in [2.75, 3.05) is 37.8 Å². The minimum atomic E-state index is 0. The molecular formula is C20H32IN3O2S. The van der Waals surface area contributed by atoms with Crippen LogP contribution in [0.15, 0.2) is 35.8 Å². The van der Waals surface area contributed by atoms with E-state index < -0.39 is 0 Å². The highest BCUT2D eigenvalue weighted by Crippen LogP contribution is 2.24. The molecule has 27 heavy (non-hydrogen) atoms. The molecule has 152 valence electrons. The topological polar surface area (TPSA) is 54.9 Å². The summed E-state index contributed by atoms with van der Waals surface area (Å²) in [5.41, 5.74) is 2.29. The van der Waals surface area contributed by atoms with E-state index in [9.17, 15) is 0 Å². The van der Waals surface area contributed by atoms with Crippen molar-refractivity contribution in [2.45, 2.75) is 32.9 Å². The lowest BCUT2D eigenvalue weighted by molar-refractivity contribution is 0.140. The van der Waals surface area contributed by atoms with Crippen LogP contribution in [-0.2, 0) is 11.3 Å². The predicted octanol–water partition coefficient (Wildman–Crippen LogP) is 3.76. The van der Waals surface area contributed by atoms with Crippen molar-refractivity contribution in [3.63, 3.8) is 0 Å². The van der Waals surface area contributed by atoms with Gasteiger partial charge in [0.25, 0.3) is 0 Å². The van der Waals surface area contributed by atoms with E-state index in [4.69, 9.17) is 14.5 Å². The van der Waals surface area contributed by atoms with Gasteiger partial charge >= 0.3 is 0 Å². The molecule has 7 heteroatoms. The zero-order valence-corrected chi connectivity index (χ0v) is 19.5. The van der Waals surface area contributed by atoms with Crippen LogP contribution in [0.2, 0.25) is 0 Å². The Hall–Kier alpha value is -0.930. The van der Waals surface area contributed by atoms with Crippen LogP contribution in [0.1, 0.15) is 24.5 Å². The number of thioether (sulfide) groups is 1. The zero-order valence-electron chi connectivity index (χ0n) is 16.3. The van der Waals surface area contributed by atoms with E-state index in [0.717, 1.165) is 54.9 Å². The number of ether oxygens (including phenoxy) is 2. The molecule has 0 bridgehead atoms. The number of nitrogens with zero attached hydrogens (tertiary/aromatic N) is 1. The van der Waals surface area contributed by atoms with Gasteiger partial charge in [-0.1, -0.05) is 18.2 Å². The van der Waals surface area contributed by atoms with Crippen LogP contribution in [0.4, 0.5) is 0 Å². The molecule has 1 aromatic carbocycles. The number of aryl methyl sites for hydroxylation is 1. The van der Waals surface area contributed by atoms with E-state index >= 15 is 0 Å². The predicted molar refractivity (Wildman–Crippen MR) is 127 cm³/mol. The molecule has 1 heterocycles. The second-order valence-corrected chi connectivity index (χ2v) is 7.35. The standard InChI is InChI=1S/C20H31N3O2S.HI/c1-4-11-26-12-9-22-20(21-5-2)23-14-17-7-6-16(3)13-19(17)25-18-8-10-24-15-18;/h4,6-7,13,18H,1,5,8-12,14-15H2,2-3H3,(H2,21,22,23);1H. The van der Waals surface area contributed by atoms with Crippen molar-refractivity contribution in [1.29, 1.82) is 0 Å². The fourth-order valence-electron chi connectivity index (χ4n) is 2.60. The summed E-state index contributed by atoms with van der Waals surface area (Å²) in [6, 6.07) is 6.30. The Bertz CT molecular complexity index is 593. The van der Waals surface area contributed by atoms with Crippen molar-refractivity contribution in [2.24, 2.45) is 4.99 Å². The average molecular weight is 505 g/mol. The highest BCUT2D eigenvalue weighted by atomic mass is 127. The minimum Gasteiger partial charge on any atom is -0.488 e. The highest BCUT2D eigenvalue weighted by molar-refractivity contribution is 14.0. The molecule has 1 aliphatic rings. The number of hydrogen-bond donors (Lipinski definition) is 2. The molecule has 1 saturated heterocycles. The molecule has 0 spiro atoms. The molecule has 0 amide bonds. The van der Waals surface area contributed by atoms with E-state index in [1.807, 2.05) is 17.8 Å². The first-order valence-corrected chi connectivity index (χ1v) is 10.4. The molecule has 0 aromatic heterocycles. The second kappa shape index (κ2) is 14.1. The third kappa shape index (κ3) is 9.21. The maximum Gasteiger partial charge on any atom is 0.191 e. The van der Waals surface area contributed by atoms with E-state index in [1.54, 1.807) is 0 Å². The van der Waals surface area contributed by atoms with Gasteiger partial charge in [0.2, 0.25) is 0 Å². The average Bonchev–Trinajstić information content (AvgIpc) is 3.13. The fraction of sp³-hybridized carbons (Fsp3) is 0.550. The van der Waals surface area contributed by atoms with E-state index in [1.165, 1.54) is 5.56 Å². The lowest BCUT2D eigenvalue weighted by Crippen LogP contribution is -2.38. The van der Waals surface area contributed by atoms with Crippen molar-refractivity contribution in [3.8, 4) is 5.75 Å². The number of nitrogens with one attached hydrogen (secondary N) is 2. The highest BCUT2D eigenvalue weighted by Gasteiger charge is 2.18. The van der Waals surface area contributed by atoms with Gasteiger partial charge in [-0.25, -0.2) is 4.99 Å². The van der Waals surface area contributed by atoms with Gasteiger partial charge in [-0.05, 0) is 25.5 Å².